The number of fused-ring (bicyclic) bond motifs is 5. The van der Waals surface area contributed by atoms with Crippen LogP contribution in [-0.2, 0) is 0 Å². The normalized spacial score (nSPS) is 39.8. The quantitative estimate of drug-likeness (QED) is 0.240. The van der Waals surface area contributed by atoms with Crippen LogP contribution in [0, 0.1) is 67.7 Å². The number of benzene rings is 1. The van der Waals surface area contributed by atoms with Gasteiger partial charge in [-0.3, -0.25) is 0 Å². The second-order valence-electron chi connectivity index (χ2n) is 13.6. The fraction of sp³-hybridized carbons (Fsp3) is 0.788. The van der Waals surface area contributed by atoms with Crippen molar-refractivity contribution < 1.29 is 0 Å². The molecule has 0 N–H and O–H groups in total. The van der Waals surface area contributed by atoms with Crippen molar-refractivity contribution in [2.75, 3.05) is 4.93 Å². The van der Waals surface area contributed by atoms with Gasteiger partial charge in [-0.1, -0.05) is 13.8 Å². The van der Waals surface area contributed by atoms with Crippen molar-refractivity contribution in [2.45, 2.75) is 102 Å². The number of hydrogen-bond donors (Lipinski definition) is 0. The van der Waals surface area contributed by atoms with E-state index >= 15 is 0 Å². The Balaban J connectivity index is 1.26. The second-order valence-corrected chi connectivity index (χ2v) is 19.8. The summed E-state index contributed by atoms with van der Waals surface area (Å²) in [5.74, 6) is 8.00. The zero-order valence-electron chi connectivity index (χ0n) is 23.1. The standard InChI is InChI=1S/C33H50IN/c1-22(2)9-10-24-11-13-28-26(19-24)12-14-30-29(28)17-18-33(4)31(15-16-32(30)33)23(3)34(5)27-8-6-7-25(20-27)21-35/h6-8,20,22-24,26,28-32H,9-19H2,1-5H3/t23-,24-,26+,28-,29+,30+,31+,32-,33+/m0/s1. The van der Waals surface area contributed by atoms with Gasteiger partial charge in [-0.2, -0.15) is 0 Å². The SMILES string of the molecule is CC(C)CC[C@H]1CC[C@H]2[C@H](CC[C@@H]3[C@@H]2CC[C@]2(C)[C@@H]([C@H](C)I(C)c4cccc(C#N)c4)CC[C@@H]32)C1. The van der Waals surface area contributed by atoms with Crippen LogP contribution in [0.15, 0.2) is 24.3 Å². The predicted molar refractivity (Wildman–Crippen MR) is 157 cm³/mol. The van der Waals surface area contributed by atoms with Gasteiger partial charge < -0.3 is 0 Å². The molecule has 0 radical (unpaired) electrons. The zero-order chi connectivity index (χ0) is 24.7. The number of nitrogens with zero attached hydrogens (tertiary/aromatic N) is 1. The topological polar surface area (TPSA) is 23.8 Å². The van der Waals surface area contributed by atoms with Crippen LogP contribution in [0.3, 0.4) is 0 Å². The molecule has 4 aliphatic rings. The number of halogens is 1. The van der Waals surface area contributed by atoms with E-state index < -0.39 is 19.8 Å². The maximum atomic E-state index is 9.41. The molecule has 0 saturated heterocycles. The van der Waals surface area contributed by atoms with Crippen LogP contribution in [0.25, 0.3) is 0 Å². The van der Waals surface area contributed by atoms with E-state index in [1.807, 2.05) is 6.07 Å². The van der Waals surface area contributed by atoms with Gasteiger partial charge in [0.2, 0.25) is 0 Å². The number of hydrogen-bond acceptors (Lipinski definition) is 1. The first-order chi connectivity index (χ1) is 16.8. The first kappa shape index (κ1) is 26.1. The van der Waals surface area contributed by atoms with Gasteiger partial charge in [0.05, 0.1) is 0 Å². The Morgan fingerprint density at radius 1 is 1.00 bits per heavy atom. The summed E-state index contributed by atoms with van der Waals surface area (Å²) in [5, 5.41) is 9.41. The fourth-order valence-electron chi connectivity index (χ4n) is 9.75. The molecular weight excluding hydrogens is 537 g/mol. The first-order valence-electron chi connectivity index (χ1n) is 14.9. The first-order valence-corrected chi connectivity index (χ1v) is 19.4. The van der Waals surface area contributed by atoms with E-state index in [1.54, 1.807) is 25.7 Å². The molecule has 5 rings (SSSR count). The van der Waals surface area contributed by atoms with Crippen molar-refractivity contribution in [1.29, 1.82) is 5.26 Å². The Morgan fingerprint density at radius 2 is 1.80 bits per heavy atom. The average molecular weight is 588 g/mol. The molecule has 1 nitrogen and oxygen atoms in total. The molecule has 1 aromatic carbocycles. The van der Waals surface area contributed by atoms with Crippen LogP contribution < -0.4 is 0 Å². The summed E-state index contributed by atoms with van der Waals surface area (Å²) in [6, 6.07) is 11.0. The molecular formula is C33H50IN. The van der Waals surface area contributed by atoms with Crippen molar-refractivity contribution in [2.24, 2.45) is 52.8 Å². The molecule has 0 bridgehead atoms. The third-order valence-electron chi connectivity index (χ3n) is 11.7. The summed E-state index contributed by atoms with van der Waals surface area (Å²) in [7, 11) is 0. The van der Waals surface area contributed by atoms with Gasteiger partial charge in [0.15, 0.2) is 0 Å². The number of rotatable bonds is 6. The molecule has 9 atom stereocenters. The van der Waals surface area contributed by atoms with E-state index in [9.17, 15) is 5.26 Å². The van der Waals surface area contributed by atoms with Crippen LogP contribution in [-0.4, -0.2) is 8.86 Å². The molecule has 0 unspecified atom stereocenters. The van der Waals surface area contributed by atoms with E-state index in [0.717, 1.165) is 56.8 Å². The van der Waals surface area contributed by atoms with E-state index in [4.69, 9.17) is 0 Å². The van der Waals surface area contributed by atoms with Gasteiger partial charge in [-0.25, -0.2) is 0 Å². The molecule has 4 fully saturated rings. The number of alkyl halides is 2. The summed E-state index contributed by atoms with van der Waals surface area (Å²) in [6.07, 6.45) is 16.7. The van der Waals surface area contributed by atoms with E-state index in [-0.39, 0.29) is 0 Å². The van der Waals surface area contributed by atoms with Gasteiger partial charge in [0.25, 0.3) is 0 Å². The van der Waals surface area contributed by atoms with Crippen molar-refractivity contribution in [3.05, 3.63) is 33.4 Å². The molecule has 4 aliphatic carbocycles. The molecule has 0 aliphatic heterocycles. The molecule has 2 heteroatoms. The third kappa shape index (κ3) is 4.98. The van der Waals surface area contributed by atoms with Crippen molar-refractivity contribution in [1.82, 2.24) is 0 Å². The second kappa shape index (κ2) is 10.7. The van der Waals surface area contributed by atoms with E-state index in [1.165, 1.54) is 48.5 Å². The summed E-state index contributed by atoms with van der Waals surface area (Å²) < 4.78 is 2.36. The Hall–Kier alpha value is -0.560. The van der Waals surface area contributed by atoms with Crippen molar-refractivity contribution in [3.63, 3.8) is 0 Å². The molecule has 194 valence electrons. The molecule has 0 spiro atoms. The summed E-state index contributed by atoms with van der Waals surface area (Å²) in [4.78, 5) is 2.58. The predicted octanol–water partition coefficient (Wildman–Crippen LogP) is 9.57. The maximum absolute atomic E-state index is 9.41. The van der Waals surface area contributed by atoms with Crippen molar-refractivity contribution in [3.8, 4) is 6.07 Å². The van der Waals surface area contributed by atoms with Gasteiger partial charge in [-0.05, 0) is 5.92 Å². The Bertz CT molecular complexity index is 916. The van der Waals surface area contributed by atoms with Crippen LogP contribution >= 0.6 is 19.8 Å². The van der Waals surface area contributed by atoms with E-state index in [0.29, 0.717) is 5.41 Å². The Morgan fingerprint density at radius 3 is 2.57 bits per heavy atom. The Labute approximate surface area is 223 Å². The van der Waals surface area contributed by atoms with Gasteiger partial charge in [-0.15, -0.1) is 0 Å². The monoisotopic (exact) mass is 587 g/mol. The summed E-state index contributed by atoms with van der Waals surface area (Å²) in [6.45, 7) is 10.1. The molecule has 4 saturated carbocycles. The molecule has 35 heavy (non-hydrogen) atoms. The van der Waals surface area contributed by atoms with Crippen LogP contribution in [0.1, 0.15) is 104 Å². The minimum atomic E-state index is -1.30. The molecule has 0 amide bonds. The Kier molecular flexibility index (Phi) is 7.94. The number of nitriles is 1. The summed E-state index contributed by atoms with van der Waals surface area (Å²) >= 11 is -1.30. The minimum absolute atomic E-state index is 0.570. The zero-order valence-corrected chi connectivity index (χ0v) is 25.3. The molecule has 0 heterocycles. The van der Waals surface area contributed by atoms with Crippen LogP contribution in [0.2, 0.25) is 0 Å². The van der Waals surface area contributed by atoms with Crippen LogP contribution in [0.4, 0.5) is 0 Å². The van der Waals surface area contributed by atoms with Gasteiger partial charge in [0.1, 0.15) is 0 Å². The van der Waals surface area contributed by atoms with Gasteiger partial charge in [0, 0.05) is 0 Å². The van der Waals surface area contributed by atoms with E-state index in [2.05, 4.69) is 56.9 Å². The van der Waals surface area contributed by atoms with Gasteiger partial charge >= 0.3 is 205 Å². The third-order valence-corrected chi connectivity index (χ3v) is 18.1. The van der Waals surface area contributed by atoms with Crippen LogP contribution in [0.5, 0.6) is 0 Å². The average Bonchev–Trinajstić information content (AvgIpc) is 3.23. The summed E-state index contributed by atoms with van der Waals surface area (Å²) in [5.41, 5.74) is 1.42. The molecule has 0 aromatic heterocycles. The van der Waals surface area contributed by atoms with Crippen molar-refractivity contribution >= 4 is 19.8 Å². The fourth-order valence-corrected chi connectivity index (χ4v) is 15.0. The molecule has 1 aromatic rings.